The highest BCUT2D eigenvalue weighted by Gasteiger charge is 2.08. The minimum absolute atomic E-state index is 0.582. The lowest BCUT2D eigenvalue weighted by molar-refractivity contribution is 0.418. The van der Waals surface area contributed by atoms with Crippen molar-refractivity contribution in [1.82, 2.24) is 0 Å². The van der Waals surface area contributed by atoms with Crippen molar-refractivity contribution in [2.24, 2.45) is 0 Å². The van der Waals surface area contributed by atoms with Crippen molar-refractivity contribution in [3.63, 3.8) is 0 Å². The molecule has 104 valence electrons. The second-order valence-corrected chi connectivity index (χ2v) is 6.06. The fourth-order valence-corrected chi connectivity index (χ4v) is 3.67. The molecular formula is C19H17OP. The molecule has 3 aromatic rings. The summed E-state index contributed by atoms with van der Waals surface area (Å²) in [6.07, 6.45) is 0. The molecule has 0 aliphatic rings. The summed E-state index contributed by atoms with van der Waals surface area (Å²) in [6.45, 7) is 0. The van der Waals surface area contributed by atoms with Crippen LogP contribution in [0.5, 0.6) is 5.75 Å². The molecule has 0 saturated heterocycles. The van der Waals surface area contributed by atoms with E-state index in [-0.39, 0.29) is 0 Å². The molecule has 0 fully saturated rings. The van der Waals surface area contributed by atoms with Crippen LogP contribution in [-0.4, -0.2) is 7.11 Å². The second-order valence-electron chi connectivity index (χ2n) is 4.74. The van der Waals surface area contributed by atoms with Gasteiger partial charge in [0.25, 0.3) is 0 Å². The van der Waals surface area contributed by atoms with Gasteiger partial charge in [0, 0.05) is 5.30 Å². The zero-order valence-corrected chi connectivity index (χ0v) is 12.9. The smallest absolute Gasteiger partial charge is 0.126 e. The van der Waals surface area contributed by atoms with E-state index in [1.165, 1.54) is 21.7 Å². The van der Waals surface area contributed by atoms with Crippen LogP contribution in [0.15, 0.2) is 78.9 Å². The Hall–Kier alpha value is -2.11. The standard InChI is InChI=1S/C19H17OP/c1-20-17-12-6-8-14-19(17)21-18-13-7-5-11-16(18)15-9-3-2-4-10-15/h2-14,21H,1H3. The Morgan fingerprint density at radius 2 is 1.29 bits per heavy atom. The van der Waals surface area contributed by atoms with Gasteiger partial charge >= 0.3 is 0 Å². The topological polar surface area (TPSA) is 9.23 Å². The van der Waals surface area contributed by atoms with Crippen molar-refractivity contribution in [3.8, 4) is 16.9 Å². The van der Waals surface area contributed by atoms with Crippen LogP contribution >= 0.6 is 8.58 Å². The number of para-hydroxylation sites is 1. The van der Waals surface area contributed by atoms with Crippen molar-refractivity contribution in [3.05, 3.63) is 78.9 Å². The lowest BCUT2D eigenvalue weighted by Crippen LogP contribution is -2.08. The molecule has 0 heterocycles. The largest absolute Gasteiger partial charge is 0.496 e. The van der Waals surface area contributed by atoms with Crippen LogP contribution in [0.3, 0.4) is 0 Å². The molecule has 0 aromatic heterocycles. The number of hydrogen-bond acceptors (Lipinski definition) is 1. The van der Waals surface area contributed by atoms with E-state index >= 15 is 0 Å². The first-order valence-corrected chi connectivity index (χ1v) is 7.93. The third-order valence-electron chi connectivity index (χ3n) is 3.39. The third-order valence-corrected chi connectivity index (χ3v) is 4.78. The minimum Gasteiger partial charge on any atom is -0.496 e. The van der Waals surface area contributed by atoms with Crippen LogP contribution in [0.2, 0.25) is 0 Å². The quantitative estimate of drug-likeness (QED) is 0.661. The van der Waals surface area contributed by atoms with Crippen molar-refractivity contribution < 1.29 is 4.74 Å². The van der Waals surface area contributed by atoms with Crippen molar-refractivity contribution in [2.75, 3.05) is 7.11 Å². The second kappa shape index (κ2) is 6.56. The Morgan fingerprint density at radius 3 is 2.05 bits per heavy atom. The maximum absolute atomic E-state index is 5.47. The number of benzene rings is 3. The molecule has 0 aliphatic carbocycles. The number of ether oxygens (including phenoxy) is 1. The number of rotatable bonds is 4. The highest BCUT2D eigenvalue weighted by atomic mass is 31.1. The van der Waals surface area contributed by atoms with Gasteiger partial charge in [-0.1, -0.05) is 81.4 Å². The van der Waals surface area contributed by atoms with Crippen LogP contribution in [0.25, 0.3) is 11.1 Å². The van der Waals surface area contributed by atoms with Gasteiger partial charge in [0.05, 0.1) is 7.11 Å². The highest BCUT2D eigenvalue weighted by molar-refractivity contribution is 7.56. The van der Waals surface area contributed by atoms with Crippen molar-refractivity contribution in [1.29, 1.82) is 0 Å². The Labute approximate surface area is 127 Å². The number of methoxy groups -OCH3 is 1. The van der Waals surface area contributed by atoms with E-state index in [1.54, 1.807) is 7.11 Å². The predicted molar refractivity (Wildman–Crippen MR) is 92.5 cm³/mol. The first-order valence-electron chi connectivity index (χ1n) is 6.93. The van der Waals surface area contributed by atoms with Crippen LogP contribution < -0.4 is 15.3 Å². The van der Waals surface area contributed by atoms with E-state index < -0.39 is 0 Å². The summed E-state index contributed by atoms with van der Waals surface area (Å²) >= 11 is 0. The highest BCUT2D eigenvalue weighted by Crippen LogP contribution is 2.25. The van der Waals surface area contributed by atoms with E-state index in [0.29, 0.717) is 8.58 Å². The summed E-state index contributed by atoms with van der Waals surface area (Å²) in [5.74, 6) is 0.957. The van der Waals surface area contributed by atoms with Crippen LogP contribution in [0.4, 0.5) is 0 Å². The molecule has 1 unspecified atom stereocenters. The molecule has 0 saturated carbocycles. The summed E-state index contributed by atoms with van der Waals surface area (Å²) in [7, 11) is 2.31. The summed E-state index contributed by atoms with van der Waals surface area (Å²) in [6, 6.07) is 27.4. The van der Waals surface area contributed by atoms with Gasteiger partial charge in [-0.15, -0.1) is 0 Å². The molecule has 0 N–H and O–H groups in total. The summed E-state index contributed by atoms with van der Waals surface area (Å²) in [5, 5.41) is 2.58. The predicted octanol–water partition coefficient (Wildman–Crippen LogP) is 3.99. The monoisotopic (exact) mass is 292 g/mol. The first kappa shape index (κ1) is 13.9. The van der Waals surface area contributed by atoms with Gasteiger partial charge in [-0.3, -0.25) is 0 Å². The molecule has 0 amide bonds. The van der Waals surface area contributed by atoms with Gasteiger partial charge < -0.3 is 4.74 Å². The van der Waals surface area contributed by atoms with Crippen molar-refractivity contribution in [2.45, 2.75) is 0 Å². The van der Waals surface area contributed by atoms with Gasteiger partial charge in [0.2, 0.25) is 0 Å². The minimum atomic E-state index is 0.582. The molecule has 1 atom stereocenters. The van der Waals surface area contributed by atoms with E-state index in [1.807, 2.05) is 12.1 Å². The molecule has 3 rings (SSSR count). The van der Waals surface area contributed by atoms with Crippen LogP contribution in [0, 0.1) is 0 Å². The van der Waals surface area contributed by atoms with Gasteiger partial charge in [-0.05, 0) is 22.5 Å². The van der Waals surface area contributed by atoms with Gasteiger partial charge in [-0.2, -0.15) is 0 Å². The Kier molecular flexibility index (Phi) is 4.33. The maximum atomic E-state index is 5.47. The Morgan fingerprint density at radius 1 is 0.667 bits per heavy atom. The van der Waals surface area contributed by atoms with Crippen LogP contribution in [0.1, 0.15) is 0 Å². The van der Waals surface area contributed by atoms with Gasteiger partial charge in [0.1, 0.15) is 5.75 Å². The molecule has 0 spiro atoms. The lowest BCUT2D eigenvalue weighted by atomic mass is 10.1. The average molecular weight is 292 g/mol. The zero-order chi connectivity index (χ0) is 14.5. The summed E-state index contributed by atoms with van der Waals surface area (Å²) in [5.41, 5.74) is 2.55. The molecule has 0 radical (unpaired) electrons. The van der Waals surface area contributed by atoms with Gasteiger partial charge in [-0.25, -0.2) is 0 Å². The summed E-state index contributed by atoms with van der Waals surface area (Å²) < 4.78 is 5.47. The molecule has 0 aliphatic heterocycles. The Bertz CT molecular complexity index is 722. The molecule has 1 nitrogen and oxygen atoms in total. The van der Waals surface area contributed by atoms with Gasteiger partial charge in [0.15, 0.2) is 0 Å². The lowest BCUT2D eigenvalue weighted by Gasteiger charge is -2.12. The van der Waals surface area contributed by atoms with E-state index in [0.717, 1.165) is 5.75 Å². The molecule has 21 heavy (non-hydrogen) atoms. The Balaban J connectivity index is 2.00. The SMILES string of the molecule is COc1ccccc1Pc1ccccc1-c1ccccc1. The third kappa shape index (κ3) is 3.15. The summed E-state index contributed by atoms with van der Waals surface area (Å²) in [4.78, 5) is 0. The van der Waals surface area contributed by atoms with E-state index in [9.17, 15) is 0 Å². The first-order chi connectivity index (χ1) is 10.4. The molecule has 2 heteroatoms. The molecular weight excluding hydrogens is 275 g/mol. The average Bonchev–Trinajstić information content (AvgIpc) is 2.57. The maximum Gasteiger partial charge on any atom is 0.126 e. The fraction of sp³-hybridized carbons (Fsp3) is 0.0526. The zero-order valence-electron chi connectivity index (χ0n) is 11.9. The number of hydrogen-bond donors (Lipinski definition) is 0. The molecule has 0 bridgehead atoms. The van der Waals surface area contributed by atoms with E-state index in [2.05, 4.69) is 66.7 Å². The fourth-order valence-electron chi connectivity index (χ4n) is 2.35. The van der Waals surface area contributed by atoms with E-state index in [4.69, 9.17) is 4.74 Å². The normalized spacial score (nSPS) is 10.9. The molecule has 3 aromatic carbocycles. The van der Waals surface area contributed by atoms with Crippen molar-refractivity contribution >= 4 is 19.2 Å². The van der Waals surface area contributed by atoms with Crippen LogP contribution in [-0.2, 0) is 0 Å².